The zero-order valence-electron chi connectivity index (χ0n) is 8.83. The van der Waals surface area contributed by atoms with Gasteiger partial charge in [-0.1, -0.05) is 30.3 Å². The second kappa shape index (κ2) is 4.38. The molecule has 1 unspecified atom stereocenters. The van der Waals surface area contributed by atoms with Gasteiger partial charge in [-0.3, -0.25) is 0 Å². The fraction of sp³-hybridized carbons (Fsp3) is 0.231. The maximum atomic E-state index is 6.46. The van der Waals surface area contributed by atoms with Crippen LogP contribution in [-0.2, 0) is 0 Å². The highest BCUT2D eigenvalue weighted by atomic mass is 35.5. The van der Waals surface area contributed by atoms with E-state index in [9.17, 15) is 0 Å². The molecule has 0 saturated heterocycles. The van der Waals surface area contributed by atoms with Gasteiger partial charge in [0.1, 0.15) is 0 Å². The van der Waals surface area contributed by atoms with Crippen LogP contribution in [0.25, 0.3) is 0 Å². The topological polar surface area (TPSA) is 0 Å². The van der Waals surface area contributed by atoms with Gasteiger partial charge in [0.25, 0.3) is 0 Å². The van der Waals surface area contributed by atoms with Crippen LogP contribution in [0.5, 0.6) is 0 Å². The summed E-state index contributed by atoms with van der Waals surface area (Å²) < 4.78 is 0. The predicted molar refractivity (Wildman–Crippen MR) is 67.9 cm³/mol. The Labute approximate surface area is 99.5 Å². The molecule has 0 aliphatic carbocycles. The Morgan fingerprint density at radius 2 is 1.80 bits per heavy atom. The van der Waals surface area contributed by atoms with Crippen LogP contribution < -0.4 is 0 Å². The van der Waals surface area contributed by atoms with Crippen molar-refractivity contribution in [3.8, 4) is 0 Å². The molecule has 78 valence electrons. The summed E-state index contributed by atoms with van der Waals surface area (Å²) in [6.45, 7) is 4.24. The third kappa shape index (κ3) is 2.24. The van der Waals surface area contributed by atoms with Crippen molar-refractivity contribution in [2.24, 2.45) is 0 Å². The van der Waals surface area contributed by atoms with Crippen molar-refractivity contribution in [1.29, 1.82) is 0 Å². The van der Waals surface area contributed by atoms with Gasteiger partial charge < -0.3 is 0 Å². The average molecular weight is 237 g/mol. The molecule has 0 amide bonds. The van der Waals surface area contributed by atoms with Crippen LogP contribution in [0.15, 0.2) is 36.4 Å². The smallest absolute Gasteiger partial charge is 0.0930 e. The normalized spacial score (nSPS) is 12.7. The maximum absolute atomic E-state index is 6.46. The Balaban J connectivity index is 2.36. The summed E-state index contributed by atoms with van der Waals surface area (Å²) in [6.07, 6.45) is 0. The van der Waals surface area contributed by atoms with E-state index in [1.807, 2.05) is 18.2 Å². The van der Waals surface area contributed by atoms with Gasteiger partial charge in [-0.05, 0) is 31.0 Å². The number of halogens is 1. The lowest BCUT2D eigenvalue weighted by atomic mass is 10.1. The van der Waals surface area contributed by atoms with E-state index >= 15 is 0 Å². The third-order valence-electron chi connectivity index (χ3n) is 2.40. The Bertz CT molecular complexity index is 445. The lowest BCUT2D eigenvalue weighted by Crippen LogP contribution is -1.91. The number of hydrogen-bond acceptors (Lipinski definition) is 1. The predicted octanol–water partition coefficient (Wildman–Crippen LogP) is 4.69. The average Bonchev–Trinajstić information content (AvgIpc) is 2.58. The molecule has 0 fully saturated rings. The molecule has 0 nitrogen and oxygen atoms in total. The summed E-state index contributed by atoms with van der Waals surface area (Å²) in [6, 6.07) is 12.4. The van der Waals surface area contributed by atoms with Gasteiger partial charge in [-0.2, -0.15) is 0 Å². The molecule has 2 heteroatoms. The number of hydrogen-bond donors (Lipinski definition) is 0. The Morgan fingerprint density at radius 3 is 2.33 bits per heavy atom. The molecule has 0 saturated carbocycles. The molecule has 15 heavy (non-hydrogen) atoms. The zero-order chi connectivity index (χ0) is 10.8. The number of benzene rings is 1. The number of alkyl halides is 1. The van der Waals surface area contributed by atoms with Crippen LogP contribution in [-0.4, -0.2) is 0 Å². The minimum atomic E-state index is -0.00935. The minimum absolute atomic E-state index is 0.00935. The highest BCUT2D eigenvalue weighted by Crippen LogP contribution is 2.36. The Hall–Kier alpha value is -0.790. The summed E-state index contributed by atoms with van der Waals surface area (Å²) in [7, 11) is 0. The van der Waals surface area contributed by atoms with Gasteiger partial charge in [-0.15, -0.1) is 22.9 Å². The second-order valence-electron chi connectivity index (χ2n) is 3.68. The van der Waals surface area contributed by atoms with Gasteiger partial charge in [0, 0.05) is 9.75 Å². The van der Waals surface area contributed by atoms with Crippen molar-refractivity contribution in [2.75, 3.05) is 0 Å². The zero-order valence-corrected chi connectivity index (χ0v) is 10.4. The molecule has 1 aromatic carbocycles. The Kier molecular flexibility index (Phi) is 3.13. The van der Waals surface area contributed by atoms with Gasteiger partial charge >= 0.3 is 0 Å². The van der Waals surface area contributed by atoms with Crippen LogP contribution in [0.3, 0.4) is 0 Å². The van der Waals surface area contributed by atoms with Crippen molar-refractivity contribution < 1.29 is 0 Å². The third-order valence-corrected chi connectivity index (χ3v) is 4.22. The molecule has 1 atom stereocenters. The summed E-state index contributed by atoms with van der Waals surface area (Å²) >= 11 is 8.25. The van der Waals surface area contributed by atoms with E-state index in [-0.39, 0.29) is 5.38 Å². The molecule has 0 aliphatic rings. The van der Waals surface area contributed by atoms with E-state index in [4.69, 9.17) is 11.6 Å². The highest BCUT2D eigenvalue weighted by Gasteiger charge is 2.14. The van der Waals surface area contributed by atoms with E-state index in [2.05, 4.69) is 32.0 Å². The molecule has 0 radical (unpaired) electrons. The van der Waals surface area contributed by atoms with Crippen molar-refractivity contribution in [3.63, 3.8) is 0 Å². The van der Waals surface area contributed by atoms with Crippen molar-refractivity contribution >= 4 is 22.9 Å². The fourth-order valence-electron chi connectivity index (χ4n) is 1.68. The van der Waals surface area contributed by atoms with E-state index in [0.717, 1.165) is 0 Å². The molecule has 0 bridgehead atoms. The minimum Gasteiger partial charge on any atom is -0.143 e. The second-order valence-corrected chi connectivity index (χ2v) is 5.40. The lowest BCUT2D eigenvalue weighted by molar-refractivity contribution is 1.16. The first-order valence-electron chi connectivity index (χ1n) is 4.94. The van der Waals surface area contributed by atoms with Gasteiger partial charge in [-0.25, -0.2) is 0 Å². The van der Waals surface area contributed by atoms with Crippen molar-refractivity contribution in [3.05, 3.63) is 57.3 Å². The maximum Gasteiger partial charge on any atom is 0.0930 e. The van der Waals surface area contributed by atoms with E-state index < -0.39 is 0 Å². The van der Waals surface area contributed by atoms with Crippen LogP contribution in [0.1, 0.15) is 26.3 Å². The first-order chi connectivity index (χ1) is 7.18. The first-order valence-corrected chi connectivity index (χ1v) is 6.19. The van der Waals surface area contributed by atoms with Crippen molar-refractivity contribution in [2.45, 2.75) is 19.2 Å². The quantitative estimate of drug-likeness (QED) is 0.664. The number of aryl methyl sites for hydroxylation is 2. The number of thiophene rings is 1. The molecule has 2 rings (SSSR count). The van der Waals surface area contributed by atoms with Crippen molar-refractivity contribution in [1.82, 2.24) is 0 Å². The fourth-order valence-corrected chi connectivity index (χ4v) is 3.18. The SMILES string of the molecule is Cc1cc(C)c(C(Cl)c2ccccc2)s1. The molecule has 0 N–H and O–H groups in total. The summed E-state index contributed by atoms with van der Waals surface area (Å²) in [5.41, 5.74) is 2.46. The molecular formula is C13H13ClS. The molecule has 0 spiro atoms. The monoisotopic (exact) mass is 236 g/mol. The molecule has 2 aromatic rings. The van der Waals surface area contributed by atoms with Crippen LogP contribution in [0, 0.1) is 13.8 Å². The van der Waals surface area contributed by atoms with Crippen LogP contribution in [0.4, 0.5) is 0 Å². The van der Waals surface area contributed by atoms with Gasteiger partial charge in [0.2, 0.25) is 0 Å². The molecule has 1 aromatic heterocycles. The standard InChI is InChI=1S/C13H13ClS/c1-9-8-10(2)15-13(9)12(14)11-6-4-3-5-7-11/h3-8,12H,1-2H3. The lowest BCUT2D eigenvalue weighted by Gasteiger charge is -2.08. The van der Waals surface area contributed by atoms with E-state index in [1.165, 1.54) is 20.9 Å². The summed E-state index contributed by atoms with van der Waals surface area (Å²) in [5.74, 6) is 0. The van der Waals surface area contributed by atoms with E-state index in [1.54, 1.807) is 11.3 Å². The molecular weight excluding hydrogens is 224 g/mol. The summed E-state index contributed by atoms with van der Waals surface area (Å²) in [4.78, 5) is 2.59. The number of rotatable bonds is 2. The highest BCUT2D eigenvalue weighted by molar-refractivity contribution is 7.12. The van der Waals surface area contributed by atoms with Gasteiger partial charge in [0.15, 0.2) is 0 Å². The first kappa shape index (κ1) is 10.7. The van der Waals surface area contributed by atoms with Gasteiger partial charge in [0.05, 0.1) is 5.38 Å². The summed E-state index contributed by atoms with van der Waals surface area (Å²) in [5, 5.41) is -0.00935. The molecule has 1 heterocycles. The van der Waals surface area contributed by atoms with E-state index in [0.29, 0.717) is 0 Å². The van der Waals surface area contributed by atoms with Crippen LogP contribution in [0.2, 0.25) is 0 Å². The molecule has 0 aliphatic heterocycles. The Morgan fingerprint density at radius 1 is 1.13 bits per heavy atom. The largest absolute Gasteiger partial charge is 0.143 e. The van der Waals surface area contributed by atoms with Crippen LogP contribution >= 0.6 is 22.9 Å².